The fourth-order valence-corrected chi connectivity index (χ4v) is 2.09. The third-order valence-electron chi connectivity index (χ3n) is 2.84. The lowest BCUT2D eigenvalue weighted by Crippen LogP contribution is -1.94. The minimum Gasteiger partial charge on any atom is -0.387 e. The Bertz CT molecular complexity index is 493. The van der Waals surface area contributed by atoms with Crippen molar-refractivity contribution < 1.29 is 5.11 Å². The van der Waals surface area contributed by atoms with E-state index in [0.717, 1.165) is 24.1 Å². The molecule has 1 N–H and O–H groups in total. The van der Waals surface area contributed by atoms with Crippen LogP contribution in [-0.2, 0) is 6.42 Å². The Kier molecular flexibility index (Phi) is 1.58. The van der Waals surface area contributed by atoms with Crippen molar-refractivity contribution in [3.8, 4) is 0 Å². The summed E-state index contributed by atoms with van der Waals surface area (Å²) in [5, 5.41) is 10.8. The van der Waals surface area contributed by atoms with Gasteiger partial charge in [-0.1, -0.05) is 18.2 Å². The highest BCUT2D eigenvalue weighted by Gasteiger charge is 2.21. The number of hydrogen-bond acceptors (Lipinski definition) is 2. The average molecular weight is 185 g/mol. The number of hydrogen-bond donors (Lipinski definition) is 1. The largest absolute Gasteiger partial charge is 0.387 e. The normalized spacial score (nSPS) is 19.9. The van der Waals surface area contributed by atoms with Gasteiger partial charge < -0.3 is 5.11 Å². The van der Waals surface area contributed by atoms with E-state index in [1.54, 1.807) is 0 Å². The molecule has 1 aliphatic rings. The van der Waals surface area contributed by atoms with Gasteiger partial charge in [0.15, 0.2) is 0 Å². The topological polar surface area (TPSA) is 33.1 Å². The number of nitrogens with zero attached hydrogens (tertiary/aromatic N) is 1. The van der Waals surface area contributed by atoms with E-state index in [1.807, 2.05) is 18.2 Å². The highest BCUT2D eigenvalue weighted by Crippen LogP contribution is 2.31. The van der Waals surface area contributed by atoms with E-state index in [0.29, 0.717) is 0 Å². The number of aromatic nitrogens is 1. The number of aliphatic hydroxyl groups is 1. The van der Waals surface area contributed by atoms with Crippen LogP contribution < -0.4 is 0 Å². The fraction of sp³-hybridized carbons (Fsp3) is 0.250. The summed E-state index contributed by atoms with van der Waals surface area (Å²) in [5.41, 5.74) is 3.06. The zero-order chi connectivity index (χ0) is 9.54. The summed E-state index contributed by atoms with van der Waals surface area (Å²) in [6, 6.07) is 10.2. The van der Waals surface area contributed by atoms with Gasteiger partial charge in [0, 0.05) is 5.39 Å². The van der Waals surface area contributed by atoms with Crippen LogP contribution in [0.1, 0.15) is 23.8 Å². The molecule has 0 spiro atoms. The minimum absolute atomic E-state index is 0.352. The monoisotopic (exact) mass is 185 g/mol. The molecule has 0 saturated carbocycles. The SMILES string of the molecule is OC1CCc2cc3ccccc3nc21. The van der Waals surface area contributed by atoms with Gasteiger partial charge in [-0.05, 0) is 30.5 Å². The lowest BCUT2D eigenvalue weighted by molar-refractivity contribution is 0.176. The summed E-state index contributed by atoms with van der Waals surface area (Å²) in [7, 11) is 0. The molecule has 1 aromatic carbocycles. The maximum atomic E-state index is 9.68. The van der Waals surface area contributed by atoms with E-state index in [9.17, 15) is 5.11 Å². The van der Waals surface area contributed by atoms with Crippen LogP contribution in [0.25, 0.3) is 10.9 Å². The Balaban J connectivity index is 2.33. The summed E-state index contributed by atoms with van der Waals surface area (Å²) in [5.74, 6) is 0. The van der Waals surface area contributed by atoms with Crippen molar-refractivity contribution in [2.75, 3.05) is 0 Å². The maximum absolute atomic E-state index is 9.68. The fourth-order valence-electron chi connectivity index (χ4n) is 2.09. The zero-order valence-electron chi connectivity index (χ0n) is 7.77. The molecule has 1 aliphatic carbocycles. The van der Waals surface area contributed by atoms with E-state index in [-0.39, 0.29) is 6.10 Å². The first-order chi connectivity index (χ1) is 6.84. The molecule has 14 heavy (non-hydrogen) atoms. The molecule has 2 heteroatoms. The summed E-state index contributed by atoms with van der Waals surface area (Å²) in [4.78, 5) is 4.49. The van der Waals surface area contributed by atoms with Gasteiger partial charge in [0.25, 0.3) is 0 Å². The Morgan fingerprint density at radius 2 is 2.14 bits per heavy atom. The van der Waals surface area contributed by atoms with E-state index < -0.39 is 0 Å². The number of aryl methyl sites for hydroxylation is 1. The van der Waals surface area contributed by atoms with Gasteiger partial charge in [-0.2, -0.15) is 0 Å². The van der Waals surface area contributed by atoms with Gasteiger partial charge in [0.2, 0.25) is 0 Å². The van der Waals surface area contributed by atoms with E-state index >= 15 is 0 Å². The molecule has 0 amide bonds. The van der Waals surface area contributed by atoms with Crippen molar-refractivity contribution in [3.05, 3.63) is 41.6 Å². The Morgan fingerprint density at radius 1 is 1.29 bits per heavy atom. The second-order valence-corrected chi connectivity index (χ2v) is 3.78. The maximum Gasteiger partial charge on any atom is 0.0966 e. The van der Waals surface area contributed by atoms with Crippen LogP contribution in [0.15, 0.2) is 30.3 Å². The lowest BCUT2D eigenvalue weighted by Gasteiger charge is -2.04. The van der Waals surface area contributed by atoms with Crippen LogP contribution in [0.2, 0.25) is 0 Å². The van der Waals surface area contributed by atoms with Crippen molar-refractivity contribution >= 4 is 10.9 Å². The first-order valence-corrected chi connectivity index (χ1v) is 4.91. The van der Waals surface area contributed by atoms with Gasteiger partial charge in [0.1, 0.15) is 0 Å². The predicted molar refractivity (Wildman–Crippen MR) is 55.0 cm³/mol. The minimum atomic E-state index is -0.352. The molecule has 1 aromatic heterocycles. The summed E-state index contributed by atoms with van der Waals surface area (Å²) in [6.07, 6.45) is 1.42. The second kappa shape index (κ2) is 2.79. The molecule has 70 valence electrons. The quantitative estimate of drug-likeness (QED) is 0.682. The Labute approximate surface area is 82.2 Å². The smallest absolute Gasteiger partial charge is 0.0966 e. The van der Waals surface area contributed by atoms with Crippen LogP contribution in [-0.4, -0.2) is 10.1 Å². The summed E-state index contributed by atoms with van der Waals surface area (Å²) >= 11 is 0. The van der Waals surface area contributed by atoms with E-state index in [4.69, 9.17) is 0 Å². The van der Waals surface area contributed by atoms with Crippen LogP contribution >= 0.6 is 0 Å². The van der Waals surface area contributed by atoms with Crippen LogP contribution in [0.3, 0.4) is 0 Å². The van der Waals surface area contributed by atoms with Gasteiger partial charge in [-0.15, -0.1) is 0 Å². The summed E-state index contributed by atoms with van der Waals surface area (Å²) in [6.45, 7) is 0. The molecule has 0 radical (unpaired) electrons. The Hall–Kier alpha value is -1.41. The average Bonchev–Trinajstić information content (AvgIpc) is 2.57. The van der Waals surface area contributed by atoms with E-state index in [1.165, 1.54) is 10.9 Å². The molecule has 0 fully saturated rings. The Morgan fingerprint density at radius 3 is 3.07 bits per heavy atom. The molecule has 0 aliphatic heterocycles. The standard InChI is InChI=1S/C12H11NO/c14-11-6-5-9-7-8-3-1-2-4-10(8)13-12(9)11/h1-4,7,11,14H,5-6H2. The van der Waals surface area contributed by atoms with Crippen molar-refractivity contribution in [1.82, 2.24) is 4.98 Å². The van der Waals surface area contributed by atoms with E-state index in [2.05, 4.69) is 17.1 Å². The number of aliphatic hydroxyl groups excluding tert-OH is 1. The lowest BCUT2D eigenvalue weighted by atomic mass is 10.1. The molecular formula is C12H11NO. The van der Waals surface area contributed by atoms with Crippen LogP contribution in [0.5, 0.6) is 0 Å². The van der Waals surface area contributed by atoms with Gasteiger partial charge in [-0.25, -0.2) is 4.98 Å². The molecule has 1 heterocycles. The third-order valence-corrected chi connectivity index (χ3v) is 2.84. The molecule has 2 aromatic rings. The second-order valence-electron chi connectivity index (χ2n) is 3.78. The first-order valence-electron chi connectivity index (χ1n) is 4.91. The van der Waals surface area contributed by atoms with Crippen LogP contribution in [0, 0.1) is 0 Å². The molecule has 0 saturated heterocycles. The number of benzene rings is 1. The zero-order valence-corrected chi connectivity index (χ0v) is 7.77. The number of rotatable bonds is 0. The van der Waals surface area contributed by atoms with Crippen molar-refractivity contribution in [2.24, 2.45) is 0 Å². The van der Waals surface area contributed by atoms with Crippen molar-refractivity contribution in [2.45, 2.75) is 18.9 Å². The highest BCUT2D eigenvalue weighted by atomic mass is 16.3. The highest BCUT2D eigenvalue weighted by molar-refractivity contribution is 5.79. The number of pyridine rings is 1. The predicted octanol–water partition coefficient (Wildman–Crippen LogP) is 2.21. The molecule has 2 nitrogen and oxygen atoms in total. The van der Waals surface area contributed by atoms with Crippen LogP contribution in [0.4, 0.5) is 0 Å². The van der Waals surface area contributed by atoms with Gasteiger partial charge in [0.05, 0.1) is 17.3 Å². The molecule has 3 rings (SSSR count). The third kappa shape index (κ3) is 1.04. The van der Waals surface area contributed by atoms with Gasteiger partial charge >= 0.3 is 0 Å². The van der Waals surface area contributed by atoms with Crippen molar-refractivity contribution in [3.63, 3.8) is 0 Å². The first kappa shape index (κ1) is 7.94. The van der Waals surface area contributed by atoms with Gasteiger partial charge in [-0.3, -0.25) is 0 Å². The number of para-hydroxylation sites is 1. The number of fused-ring (bicyclic) bond motifs is 2. The molecule has 0 bridgehead atoms. The summed E-state index contributed by atoms with van der Waals surface area (Å²) < 4.78 is 0. The molecular weight excluding hydrogens is 174 g/mol. The molecule has 1 atom stereocenters. The van der Waals surface area contributed by atoms with Crippen molar-refractivity contribution in [1.29, 1.82) is 0 Å². The molecule has 1 unspecified atom stereocenters.